The minimum atomic E-state index is -1.09. The lowest BCUT2D eigenvalue weighted by Crippen LogP contribution is -2.17. The summed E-state index contributed by atoms with van der Waals surface area (Å²) in [6.45, 7) is 2.37. The second kappa shape index (κ2) is 7.31. The normalized spacial score (nSPS) is 12.0. The van der Waals surface area contributed by atoms with Gasteiger partial charge in [-0.05, 0) is 36.8 Å². The predicted octanol–water partition coefficient (Wildman–Crippen LogP) is 3.50. The van der Waals surface area contributed by atoms with Gasteiger partial charge in [-0.2, -0.15) is 0 Å². The molecule has 6 nitrogen and oxygen atoms in total. The Hall–Kier alpha value is -3.28. The fourth-order valence-corrected chi connectivity index (χ4v) is 2.98. The van der Waals surface area contributed by atoms with Gasteiger partial charge < -0.3 is 19.4 Å². The van der Waals surface area contributed by atoms with Crippen molar-refractivity contribution in [2.24, 2.45) is 0 Å². The lowest BCUT2D eigenvalue weighted by atomic mass is 9.88. The van der Waals surface area contributed by atoms with E-state index in [1.165, 1.54) is 0 Å². The molecule has 0 radical (unpaired) electrons. The number of aromatic hydroxyl groups is 1. The molecule has 0 fully saturated rings. The molecule has 0 aliphatic heterocycles. The van der Waals surface area contributed by atoms with Gasteiger partial charge in [0.15, 0.2) is 0 Å². The van der Waals surface area contributed by atoms with Crippen molar-refractivity contribution in [2.75, 3.05) is 6.61 Å². The smallest absolute Gasteiger partial charge is 0.343 e. The molecule has 2 aromatic carbocycles. The maximum absolute atomic E-state index is 12.5. The second-order valence-corrected chi connectivity index (χ2v) is 5.80. The van der Waals surface area contributed by atoms with E-state index in [4.69, 9.17) is 9.15 Å². The summed E-state index contributed by atoms with van der Waals surface area (Å²) in [6, 6.07) is 13.4. The SMILES string of the molecule is CCOc1ccc([C@H](CC(=O)O)c2c(O)c3ccccc3oc2=O)cc1. The number of carbonyl (C=O) groups is 1. The molecule has 134 valence electrons. The first-order chi connectivity index (χ1) is 12.5. The molecule has 0 aliphatic carbocycles. The van der Waals surface area contributed by atoms with Crippen LogP contribution in [0.1, 0.15) is 30.4 Å². The summed E-state index contributed by atoms with van der Waals surface area (Å²) in [7, 11) is 0. The number of hydrogen-bond donors (Lipinski definition) is 2. The van der Waals surface area contributed by atoms with Crippen LogP contribution in [0.3, 0.4) is 0 Å². The third kappa shape index (κ3) is 3.39. The Morgan fingerprint density at radius 3 is 2.50 bits per heavy atom. The first-order valence-electron chi connectivity index (χ1n) is 8.20. The zero-order valence-electron chi connectivity index (χ0n) is 14.1. The van der Waals surface area contributed by atoms with Crippen LogP contribution in [0.2, 0.25) is 0 Å². The molecule has 0 spiro atoms. The molecule has 0 aliphatic rings. The lowest BCUT2D eigenvalue weighted by molar-refractivity contribution is -0.137. The van der Waals surface area contributed by atoms with E-state index in [-0.39, 0.29) is 23.3 Å². The van der Waals surface area contributed by atoms with Crippen molar-refractivity contribution in [3.63, 3.8) is 0 Å². The zero-order chi connectivity index (χ0) is 18.7. The molecule has 1 aromatic heterocycles. The lowest BCUT2D eigenvalue weighted by Gasteiger charge is -2.17. The monoisotopic (exact) mass is 354 g/mol. The molecule has 2 N–H and O–H groups in total. The standard InChI is InChI=1S/C20H18O6/c1-2-25-13-9-7-12(8-10-13)15(11-17(21)22)18-19(23)14-5-3-4-6-16(14)26-20(18)24/h3-10,15,23H,2,11H2,1H3,(H,21,22)/t15-/m0/s1. The van der Waals surface area contributed by atoms with E-state index in [1.54, 1.807) is 48.5 Å². The van der Waals surface area contributed by atoms with E-state index in [2.05, 4.69) is 0 Å². The number of ether oxygens (including phenoxy) is 1. The predicted molar refractivity (Wildman–Crippen MR) is 95.9 cm³/mol. The minimum Gasteiger partial charge on any atom is -0.507 e. The molecule has 0 unspecified atom stereocenters. The van der Waals surface area contributed by atoms with E-state index in [1.807, 2.05) is 6.92 Å². The first-order valence-corrected chi connectivity index (χ1v) is 8.20. The topological polar surface area (TPSA) is 97.0 Å². The van der Waals surface area contributed by atoms with E-state index in [0.717, 1.165) is 0 Å². The van der Waals surface area contributed by atoms with Crippen molar-refractivity contribution in [2.45, 2.75) is 19.3 Å². The average Bonchev–Trinajstić information content (AvgIpc) is 2.61. The Morgan fingerprint density at radius 2 is 1.85 bits per heavy atom. The largest absolute Gasteiger partial charge is 0.507 e. The summed E-state index contributed by atoms with van der Waals surface area (Å²) in [5, 5.41) is 20.3. The highest BCUT2D eigenvalue weighted by Gasteiger charge is 2.26. The highest BCUT2D eigenvalue weighted by atomic mass is 16.5. The zero-order valence-corrected chi connectivity index (χ0v) is 14.1. The van der Waals surface area contributed by atoms with Gasteiger partial charge in [0.05, 0.1) is 24.0 Å². The maximum atomic E-state index is 12.5. The maximum Gasteiger partial charge on any atom is 0.343 e. The van der Waals surface area contributed by atoms with Crippen LogP contribution in [-0.2, 0) is 4.79 Å². The second-order valence-electron chi connectivity index (χ2n) is 5.80. The number of rotatable bonds is 6. The van der Waals surface area contributed by atoms with Gasteiger partial charge in [-0.1, -0.05) is 24.3 Å². The fourth-order valence-electron chi connectivity index (χ4n) is 2.98. The Kier molecular flexibility index (Phi) is 4.93. The van der Waals surface area contributed by atoms with Gasteiger partial charge in [-0.3, -0.25) is 4.79 Å². The summed E-state index contributed by atoms with van der Waals surface area (Å²) in [5.41, 5.74) is 0.0184. The first kappa shape index (κ1) is 17.5. The molecule has 1 heterocycles. The summed E-state index contributed by atoms with van der Waals surface area (Å²) in [4.78, 5) is 23.8. The molecule has 3 rings (SSSR count). The van der Waals surface area contributed by atoms with Crippen LogP contribution in [0.25, 0.3) is 11.0 Å². The highest BCUT2D eigenvalue weighted by Crippen LogP contribution is 2.36. The quantitative estimate of drug-likeness (QED) is 0.658. The van der Waals surface area contributed by atoms with Crippen LogP contribution in [-0.4, -0.2) is 22.8 Å². The number of benzene rings is 2. The van der Waals surface area contributed by atoms with Crippen molar-refractivity contribution in [1.29, 1.82) is 0 Å². The number of hydrogen-bond acceptors (Lipinski definition) is 5. The molecule has 1 atom stereocenters. The molecule has 0 saturated carbocycles. The minimum absolute atomic E-state index is 0.0599. The van der Waals surface area contributed by atoms with Gasteiger partial charge in [0.2, 0.25) is 0 Å². The molecule has 6 heteroatoms. The summed E-state index contributed by atoms with van der Waals surface area (Å²) in [5.74, 6) is -1.54. The van der Waals surface area contributed by atoms with Crippen molar-refractivity contribution < 1.29 is 24.2 Å². The Bertz CT molecular complexity index is 987. The third-order valence-corrected chi connectivity index (χ3v) is 4.14. The number of aliphatic carboxylic acids is 1. The van der Waals surface area contributed by atoms with Crippen LogP contribution in [0, 0.1) is 0 Å². The summed E-state index contributed by atoms with van der Waals surface area (Å²) < 4.78 is 10.7. The van der Waals surface area contributed by atoms with Crippen molar-refractivity contribution in [1.82, 2.24) is 0 Å². The van der Waals surface area contributed by atoms with Gasteiger partial charge in [0.1, 0.15) is 17.1 Å². The summed E-state index contributed by atoms with van der Waals surface area (Å²) >= 11 is 0. The highest BCUT2D eigenvalue weighted by molar-refractivity contribution is 5.84. The number of para-hydroxylation sites is 1. The van der Waals surface area contributed by atoms with E-state index in [9.17, 15) is 19.8 Å². The van der Waals surface area contributed by atoms with Crippen LogP contribution < -0.4 is 10.4 Å². The summed E-state index contributed by atoms with van der Waals surface area (Å²) in [6.07, 6.45) is -0.357. The number of carboxylic acids is 1. The van der Waals surface area contributed by atoms with Gasteiger partial charge in [0.25, 0.3) is 0 Å². The van der Waals surface area contributed by atoms with Gasteiger partial charge in [-0.25, -0.2) is 4.79 Å². The van der Waals surface area contributed by atoms with Crippen LogP contribution in [0.4, 0.5) is 0 Å². The molecule has 26 heavy (non-hydrogen) atoms. The molecule has 3 aromatic rings. The van der Waals surface area contributed by atoms with E-state index >= 15 is 0 Å². The van der Waals surface area contributed by atoms with Crippen LogP contribution in [0.5, 0.6) is 11.5 Å². The van der Waals surface area contributed by atoms with Gasteiger partial charge in [-0.15, -0.1) is 0 Å². The van der Waals surface area contributed by atoms with Crippen molar-refractivity contribution in [3.8, 4) is 11.5 Å². The molecular weight excluding hydrogens is 336 g/mol. The number of carboxylic acid groups (broad SMARTS) is 1. The van der Waals surface area contributed by atoms with Crippen molar-refractivity contribution >= 4 is 16.9 Å². The molecule has 0 bridgehead atoms. The molecular formula is C20H18O6. The van der Waals surface area contributed by atoms with Crippen LogP contribution in [0.15, 0.2) is 57.7 Å². The number of fused-ring (bicyclic) bond motifs is 1. The molecule has 0 saturated heterocycles. The van der Waals surface area contributed by atoms with Gasteiger partial charge in [0, 0.05) is 5.92 Å². The van der Waals surface area contributed by atoms with Crippen molar-refractivity contribution in [3.05, 3.63) is 70.1 Å². The van der Waals surface area contributed by atoms with E-state index in [0.29, 0.717) is 23.3 Å². The Labute approximate surface area is 149 Å². The Balaban J connectivity index is 2.15. The van der Waals surface area contributed by atoms with Crippen LogP contribution >= 0.6 is 0 Å². The van der Waals surface area contributed by atoms with Gasteiger partial charge >= 0.3 is 11.6 Å². The third-order valence-electron chi connectivity index (χ3n) is 4.14. The average molecular weight is 354 g/mol. The van der Waals surface area contributed by atoms with E-state index < -0.39 is 17.5 Å². The fraction of sp³-hybridized carbons (Fsp3) is 0.200. The Morgan fingerprint density at radius 1 is 1.15 bits per heavy atom. The molecule has 0 amide bonds.